The van der Waals surface area contributed by atoms with Gasteiger partial charge in [0.1, 0.15) is 0 Å². The van der Waals surface area contributed by atoms with Crippen molar-refractivity contribution in [1.29, 1.82) is 0 Å². The molecule has 6 aromatic rings. The van der Waals surface area contributed by atoms with Crippen LogP contribution in [0.15, 0.2) is 133 Å². The monoisotopic (exact) mass is 653 g/mol. The van der Waals surface area contributed by atoms with Crippen LogP contribution >= 0.6 is 11.6 Å². The van der Waals surface area contributed by atoms with Crippen molar-refractivity contribution in [1.82, 2.24) is 0 Å². The molecule has 238 valence electrons. The van der Waals surface area contributed by atoms with E-state index in [4.69, 9.17) is 16.3 Å². The van der Waals surface area contributed by atoms with E-state index in [1.165, 1.54) is 65.5 Å². The minimum absolute atomic E-state index is 0.0268. The zero-order valence-electron chi connectivity index (χ0n) is 27.3. The molecule has 3 heteroatoms. The van der Waals surface area contributed by atoms with E-state index >= 15 is 0 Å². The van der Waals surface area contributed by atoms with E-state index in [0.717, 1.165) is 51.0 Å². The van der Waals surface area contributed by atoms with Gasteiger partial charge in [-0.3, -0.25) is 0 Å². The Morgan fingerprint density at radius 3 is 2.04 bits per heavy atom. The van der Waals surface area contributed by atoms with Gasteiger partial charge >= 0.3 is 0 Å². The molecule has 6 aliphatic rings. The first-order valence-corrected chi connectivity index (χ1v) is 18.3. The van der Waals surface area contributed by atoms with Crippen LogP contribution in [0.25, 0.3) is 33.4 Å². The normalized spacial score (nSPS) is 25.0. The predicted octanol–water partition coefficient (Wildman–Crippen LogP) is 13.0. The summed E-state index contributed by atoms with van der Waals surface area (Å²) < 4.78 is 6.72. The Balaban J connectivity index is 1.21. The van der Waals surface area contributed by atoms with Crippen LogP contribution in [0.1, 0.15) is 43.2 Å². The SMILES string of the molecule is Clc1ccc2c(c1-c1cccc3c1C1(c4ccc(-c5ccccc5)cc4-3)C3CC4CC(C3)CC1C4)N(c1ccccc1)c1ccccc1O2. The second-order valence-corrected chi connectivity index (χ2v) is 15.4. The number of fused-ring (bicyclic) bond motifs is 5. The molecular formula is C46H36ClNO. The molecule has 49 heavy (non-hydrogen) atoms. The summed E-state index contributed by atoms with van der Waals surface area (Å²) in [6.45, 7) is 0. The lowest BCUT2D eigenvalue weighted by Crippen LogP contribution is -2.55. The average Bonchev–Trinajstić information content (AvgIpc) is 3.44. The zero-order chi connectivity index (χ0) is 32.3. The van der Waals surface area contributed by atoms with E-state index in [0.29, 0.717) is 11.8 Å². The van der Waals surface area contributed by atoms with E-state index < -0.39 is 0 Å². The van der Waals surface area contributed by atoms with Crippen molar-refractivity contribution in [2.45, 2.75) is 37.5 Å². The fourth-order valence-electron chi connectivity index (χ4n) is 11.2. The third-order valence-corrected chi connectivity index (χ3v) is 13.0. The summed E-state index contributed by atoms with van der Waals surface area (Å²) in [6, 6.07) is 48.4. The molecule has 12 rings (SSSR count). The van der Waals surface area contributed by atoms with Crippen molar-refractivity contribution >= 4 is 28.7 Å². The van der Waals surface area contributed by atoms with Gasteiger partial charge in [-0.1, -0.05) is 103 Å². The zero-order valence-corrected chi connectivity index (χ0v) is 28.0. The number of anilines is 3. The second-order valence-electron chi connectivity index (χ2n) is 15.0. The van der Waals surface area contributed by atoms with Crippen LogP contribution < -0.4 is 9.64 Å². The fourth-order valence-corrected chi connectivity index (χ4v) is 11.5. The van der Waals surface area contributed by atoms with Crippen LogP contribution in [0.2, 0.25) is 5.02 Å². The van der Waals surface area contributed by atoms with Gasteiger partial charge in [0.25, 0.3) is 0 Å². The molecular weight excluding hydrogens is 618 g/mol. The lowest BCUT2D eigenvalue weighted by Gasteiger charge is -2.61. The number of para-hydroxylation sites is 3. The number of halogens is 1. The standard InChI is InChI=1S/C46H36ClNO/c47-39-20-21-42-45(48(34-12-5-2-6-13-34)40-16-7-8-17-41(40)49-42)43(39)36-15-9-14-35-37-27-31(30-10-3-1-4-11-30)18-19-38(37)46(44(35)36)32-23-28-22-29(25-32)26-33(46)24-28/h1-21,27-29,32-33H,22-26H2. The molecule has 0 N–H and O–H groups in total. The molecule has 0 aromatic heterocycles. The summed E-state index contributed by atoms with van der Waals surface area (Å²) in [5.41, 5.74) is 13.8. The van der Waals surface area contributed by atoms with E-state index in [2.05, 4.69) is 126 Å². The van der Waals surface area contributed by atoms with Crippen molar-refractivity contribution in [2.24, 2.45) is 23.7 Å². The van der Waals surface area contributed by atoms with Crippen LogP contribution in [0.3, 0.4) is 0 Å². The molecule has 4 bridgehead atoms. The number of benzene rings is 6. The summed E-state index contributed by atoms with van der Waals surface area (Å²) in [7, 11) is 0. The highest BCUT2D eigenvalue weighted by molar-refractivity contribution is 6.34. The summed E-state index contributed by atoms with van der Waals surface area (Å²) in [6.07, 6.45) is 6.74. The topological polar surface area (TPSA) is 12.5 Å². The Bertz CT molecular complexity index is 2260. The molecule has 0 saturated heterocycles. The lowest BCUT2D eigenvalue weighted by molar-refractivity contribution is -0.0397. The summed E-state index contributed by atoms with van der Waals surface area (Å²) in [4.78, 5) is 2.37. The molecule has 6 aromatic carbocycles. The van der Waals surface area contributed by atoms with Gasteiger partial charge in [-0.05, 0) is 137 Å². The van der Waals surface area contributed by atoms with Gasteiger partial charge < -0.3 is 9.64 Å². The number of hydrogen-bond donors (Lipinski definition) is 0. The third kappa shape index (κ3) is 3.84. The van der Waals surface area contributed by atoms with Gasteiger partial charge in [-0.15, -0.1) is 0 Å². The smallest absolute Gasteiger partial charge is 0.152 e. The molecule has 0 amide bonds. The van der Waals surface area contributed by atoms with Crippen LogP contribution in [-0.4, -0.2) is 0 Å². The van der Waals surface area contributed by atoms with Crippen molar-refractivity contribution in [3.05, 3.63) is 150 Å². The van der Waals surface area contributed by atoms with E-state index in [-0.39, 0.29) is 5.41 Å². The van der Waals surface area contributed by atoms with Crippen LogP contribution in [0.5, 0.6) is 11.5 Å². The Morgan fingerprint density at radius 1 is 0.571 bits per heavy atom. The molecule has 1 heterocycles. The number of rotatable bonds is 3. The van der Waals surface area contributed by atoms with Gasteiger partial charge in [0, 0.05) is 16.7 Å². The Kier molecular flexibility index (Phi) is 5.94. The molecule has 1 aliphatic heterocycles. The molecule has 0 radical (unpaired) electrons. The van der Waals surface area contributed by atoms with Crippen molar-refractivity contribution < 1.29 is 4.74 Å². The van der Waals surface area contributed by atoms with Gasteiger partial charge in [0.05, 0.1) is 16.4 Å². The summed E-state index contributed by atoms with van der Waals surface area (Å²) in [5, 5.41) is 0.760. The first-order chi connectivity index (χ1) is 24.2. The minimum atomic E-state index is -0.0268. The molecule has 2 nitrogen and oxygen atoms in total. The van der Waals surface area contributed by atoms with E-state index in [1.54, 1.807) is 5.56 Å². The number of nitrogens with zero attached hydrogens (tertiary/aromatic N) is 1. The van der Waals surface area contributed by atoms with Crippen molar-refractivity contribution in [3.63, 3.8) is 0 Å². The highest BCUT2D eigenvalue weighted by atomic mass is 35.5. The predicted molar refractivity (Wildman–Crippen MR) is 200 cm³/mol. The summed E-state index contributed by atoms with van der Waals surface area (Å²) in [5.74, 6) is 4.68. The molecule has 4 fully saturated rings. The Morgan fingerprint density at radius 2 is 1.27 bits per heavy atom. The molecule has 0 atom stereocenters. The van der Waals surface area contributed by atoms with Crippen LogP contribution in [0, 0.1) is 23.7 Å². The van der Waals surface area contributed by atoms with Gasteiger partial charge in [-0.25, -0.2) is 0 Å². The molecule has 4 saturated carbocycles. The van der Waals surface area contributed by atoms with Crippen molar-refractivity contribution in [2.75, 3.05) is 4.90 Å². The Hall–Kier alpha value is -4.79. The molecule has 1 spiro atoms. The van der Waals surface area contributed by atoms with Crippen molar-refractivity contribution in [3.8, 4) is 44.9 Å². The highest BCUT2D eigenvalue weighted by Crippen LogP contribution is 2.71. The minimum Gasteiger partial charge on any atom is -0.453 e. The average molecular weight is 654 g/mol. The van der Waals surface area contributed by atoms with Crippen LogP contribution in [-0.2, 0) is 5.41 Å². The first-order valence-electron chi connectivity index (χ1n) is 18.0. The fraction of sp³-hybridized carbons (Fsp3) is 0.217. The number of ether oxygens (including phenoxy) is 1. The maximum Gasteiger partial charge on any atom is 0.152 e. The third-order valence-electron chi connectivity index (χ3n) is 12.7. The van der Waals surface area contributed by atoms with Gasteiger partial charge in [0.15, 0.2) is 11.5 Å². The maximum absolute atomic E-state index is 7.49. The lowest BCUT2D eigenvalue weighted by atomic mass is 9.42. The van der Waals surface area contributed by atoms with E-state index in [9.17, 15) is 0 Å². The van der Waals surface area contributed by atoms with E-state index in [1.807, 2.05) is 12.1 Å². The quantitative estimate of drug-likeness (QED) is 0.188. The summed E-state index contributed by atoms with van der Waals surface area (Å²) >= 11 is 7.49. The highest BCUT2D eigenvalue weighted by Gasteiger charge is 2.62. The first kappa shape index (κ1) is 28.1. The molecule has 0 unspecified atom stereocenters. The largest absolute Gasteiger partial charge is 0.453 e. The van der Waals surface area contributed by atoms with Gasteiger partial charge in [-0.2, -0.15) is 0 Å². The molecule has 5 aliphatic carbocycles. The van der Waals surface area contributed by atoms with Crippen LogP contribution in [0.4, 0.5) is 17.1 Å². The Labute approximate surface area is 293 Å². The second kappa shape index (κ2) is 10.4. The van der Waals surface area contributed by atoms with Gasteiger partial charge in [0.2, 0.25) is 0 Å². The maximum atomic E-state index is 7.49. The number of hydrogen-bond acceptors (Lipinski definition) is 2.